The van der Waals surface area contributed by atoms with Gasteiger partial charge in [-0.3, -0.25) is 0 Å². The van der Waals surface area contributed by atoms with Gasteiger partial charge in [0.25, 0.3) is 0 Å². The Hall–Kier alpha value is -2.41. The van der Waals surface area contributed by atoms with Crippen molar-refractivity contribution in [3.8, 4) is 0 Å². The van der Waals surface area contributed by atoms with Crippen molar-refractivity contribution in [1.82, 2.24) is 0 Å². The molecule has 1 aliphatic carbocycles. The minimum atomic E-state index is -1.32. The highest BCUT2D eigenvalue weighted by atomic mass is 16.7. The Morgan fingerprint density at radius 3 is 2.58 bits per heavy atom. The monoisotopic (exact) mass is 358 g/mol. The first-order valence-corrected chi connectivity index (χ1v) is 8.39. The Bertz CT molecular complexity index is 785. The fourth-order valence-electron chi connectivity index (χ4n) is 3.26. The fourth-order valence-corrected chi connectivity index (χ4v) is 3.26. The van der Waals surface area contributed by atoms with E-state index in [1.54, 1.807) is 18.2 Å². The summed E-state index contributed by atoms with van der Waals surface area (Å²) in [4.78, 5) is 10.4. The lowest BCUT2D eigenvalue weighted by molar-refractivity contribution is -0.130. The highest BCUT2D eigenvalue weighted by Gasteiger charge is 2.47. The summed E-state index contributed by atoms with van der Waals surface area (Å²) in [5.74, 6) is -0.943. The molecule has 3 rings (SSSR count). The third kappa shape index (κ3) is 3.31. The van der Waals surface area contributed by atoms with E-state index in [1.807, 2.05) is 44.2 Å². The zero-order valence-corrected chi connectivity index (χ0v) is 14.8. The van der Waals surface area contributed by atoms with Gasteiger partial charge in [-0.15, -0.1) is 0 Å². The molecule has 0 radical (unpaired) electrons. The summed E-state index contributed by atoms with van der Waals surface area (Å²) >= 11 is 0. The molecule has 1 aromatic rings. The van der Waals surface area contributed by atoms with Crippen LogP contribution >= 0.6 is 0 Å². The van der Waals surface area contributed by atoms with Gasteiger partial charge in [0.1, 0.15) is 12.2 Å². The van der Waals surface area contributed by atoms with Crippen molar-refractivity contribution in [2.24, 2.45) is 0 Å². The molecular formula is C20H22O6. The number of benzene rings is 1. The Morgan fingerprint density at radius 1 is 1.27 bits per heavy atom. The van der Waals surface area contributed by atoms with Crippen molar-refractivity contribution < 1.29 is 29.2 Å². The van der Waals surface area contributed by atoms with E-state index in [4.69, 9.17) is 14.6 Å². The van der Waals surface area contributed by atoms with Crippen LogP contribution in [0.25, 0.3) is 0 Å². The van der Waals surface area contributed by atoms with E-state index in [9.17, 15) is 9.90 Å². The Morgan fingerprint density at radius 2 is 1.92 bits per heavy atom. The largest absolute Gasteiger partial charge is 0.506 e. The van der Waals surface area contributed by atoms with Crippen molar-refractivity contribution in [2.45, 2.75) is 25.2 Å². The molecular weight excluding hydrogens is 336 g/mol. The number of hydrogen-bond acceptors (Lipinski definition) is 5. The molecule has 2 aliphatic rings. The average Bonchev–Trinajstić information content (AvgIpc) is 3.07. The maximum atomic E-state index is 11.4. The van der Waals surface area contributed by atoms with Crippen LogP contribution in [0, 0.1) is 0 Å². The number of rotatable bonds is 4. The topological polar surface area (TPSA) is 85.2 Å². The van der Waals surface area contributed by atoms with Gasteiger partial charge in [-0.25, -0.2) is 4.79 Å². The average molecular weight is 358 g/mol. The van der Waals surface area contributed by atoms with E-state index in [0.29, 0.717) is 24.4 Å². The standard InChI is InChI=1S/C20H22O6/c1-14(8-10-24-18(21)22)7-9-19(23)15(2)13-20(25-11-12-26-20)17-6-4-3-5-16(17)19/h3-9,13,23H,10-12H2,1-2H3,(H,21,22)/b9-7+,14-8-/t19-/m0/s1. The van der Waals surface area contributed by atoms with Crippen molar-refractivity contribution >= 4 is 6.16 Å². The first kappa shape index (κ1) is 18.4. The number of carbonyl (C=O) groups is 1. The maximum absolute atomic E-state index is 11.4. The van der Waals surface area contributed by atoms with Crippen molar-refractivity contribution in [3.63, 3.8) is 0 Å². The molecule has 1 atom stereocenters. The molecule has 1 aromatic carbocycles. The summed E-state index contributed by atoms with van der Waals surface area (Å²) in [6.07, 6.45) is 5.56. The molecule has 26 heavy (non-hydrogen) atoms. The van der Waals surface area contributed by atoms with Gasteiger partial charge < -0.3 is 24.4 Å². The summed E-state index contributed by atoms with van der Waals surface area (Å²) in [6, 6.07) is 7.50. The van der Waals surface area contributed by atoms with Crippen LogP contribution in [0.1, 0.15) is 25.0 Å². The number of aliphatic hydroxyl groups is 1. The molecule has 138 valence electrons. The molecule has 0 bridgehead atoms. The zero-order chi connectivity index (χ0) is 18.8. The molecule has 2 N–H and O–H groups in total. The molecule has 0 aromatic heterocycles. The Labute approximate surface area is 152 Å². The maximum Gasteiger partial charge on any atom is 0.506 e. The molecule has 1 heterocycles. The SMILES string of the molecule is CC1=CC2(OCCO2)c2ccccc2[C@]1(O)/C=C/C(C)=C\COC(=O)O. The predicted molar refractivity (Wildman–Crippen MR) is 94.6 cm³/mol. The molecule has 6 nitrogen and oxygen atoms in total. The molecule has 1 saturated heterocycles. The third-order valence-corrected chi connectivity index (χ3v) is 4.64. The quantitative estimate of drug-likeness (QED) is 0.488. The second kappa shape index (κ2) is 7.07. The number of allylic oxidation sites excluding steroid dienone is 2. The molecule has 6 heteroatoms. The number of fused-ring (bicyclic) bond motifs is 2. The van der Waals surface area contributed by atoms with Crippen LogP contribution in [0.15, 0.2) is 59.7 Å². The summed E-state index contributed by atoms with van der Waals surface area (Å²) in [5, 5.41) is 19.9. The van der Waals surface area contributed by atoms with E-state index in [0.717, 1.165) is 11.1 Å². The Kier molecular flexibility index (Phi) is 5.00. The van der Waals surface area contributed by atoms with Gasteiger partial charge in [0, 0.05) is 11.1 Å². The summed E-state index contributed by atoms with van der Waals surface area (Å²) in [5.41, 5.74) is 1.65. The van der Waals surface area contributed by atoms with Crippen molar-refractivity contribution in [2.75, 3.05) is 19.8 Å². The van der Waals surface area contributed by atoms with Crippen molar-refractivity contribution in [1.29, 1.82) is 0 Å². The smallest absolute Gasteiger partial charge is 0.450 e. The molecule has 0 unspecified atom stereocenters. The lowest BCUT2D eigenvalue weighted by Crippen LogP contribution is -2.38. The normalized spacial score (nSPS) is 24.6. The van der Waals surface area contributed by atoms with Crippen LogP contribution in [0.5, 0.6) is 0 Å². The van der Waals surface area contributed by atoms with Gasteiger partial charge in [-0.2, -0.15) is 0 Å². The lowest BCUT2D eigenvalue weighted by Gasteiger charge is -2.39. The first-order valence-electron chi connectivity index (χ1n) is 8.39. The minimum Gasteiger partial charge on any atom is -0.450 e. The van der Waals surface area contributed by atoms with Crippen LogP contribution in [0.3, 0.4) is 0 Å². The molecule has 0 saturated carbocycles. The van der Waals surface area contributed by atoms with Crippen LogP contribution in [-0.4, -0.2) is 36.2 Å². The van der Waals surface area contributed by atoms with Gasteiger partial charge in [-0.05, 0) is 37.6 Å². The zero-order valence-electron chi connectivity index (χ0n) is 14.8. The third-order valence-electron chi connectivity index (χ3n) is 4.64. The number of ether oxygens (including phenoxy) is 3. The number of hydrogen-bond donors (Lipinski definition) is 2. The van der Waals surface area contributed by atoms with Gasteiger partial charge in [0.15, 0.2) is 0 Å². The van der Waals surface area contributed by atoms with E-state index < -0.39 is 17.5 Å². The van der Waals surface area contributed by atoms with Crippen LogP contribution in [0.2, 0.25) is 0 Å². The van der Waals surface area contributed by atoms with E-state index >= 15 is 0 Å². The van der Waals surface area contributed by atoms with Crippen LogP contribution in [-0.2, 0) is 25.6 Å². The van der Waals surface area contributed by atoms with E-state index in [-0.39, 0.29) is 6.61 Å². The highest BCUT2D eigenvalue weighted by molar-refractivity contribution is 5.57. The second-order valence-corrected chi connectivity index (χ2v) is 6.36. The van der Waals surface area contributed by atoms with E-state index in [2.05, 4.69) is 4.74 Å². The predicted octanol–water partition coefficient (Wildman–Crippen LogP) is 3.23. The number of carboxylic acid groups (broad SMARTS) is 1. The Balaban J connectivity index is 1.94. The summed E-state index contributed by atoms with van der Waals surface area (Å²) in [7, 11) is 0. The van der Waals surface area contributed by atoms with Crippen molar-refractivity contribution in [3.05, 3.63) is 70.8 Å². The molecule has 1 fully saturated rings. The first-order chi connectivity index (χ1) is 12.4. The molecule has 1 spiro atoms. The minimum absolute atomic E-state index is 0.0415. The van der Waals surface area contributed by atoms with Crippen LogP contribution in [0.4, 0.5) is 4.79 Å². The van der Waals surface area contributed by atoms with E-state index in [1.165, 1.54) is 0 Å². The second-order valence-electron chi connectivity index (χ2n) is 6.36. The molecule has 0 amide bonds. The fraction of sp³-hybridized carbons (Fsp3) is 0.350. The van der Waals surface area contributed by atoms with Gasteiger partial charge >= 0.3 is 6.16 Å². The molecule has 1 aliphatic heterocycles. The van der Waals surface area contributed by atoms with Crippen LogP contribution < -0.4 is 0 Å². The van der Waals surface area contributed by atoms with Gasteiger partial charge in [0.05, 0.1) is 13.2 Å². The van der Waals surface area contributed by atoms with Gasteiger partial charge in [0.2, 0.25) is 5.79 Å². The van der Waals surface area contributed by atoms with Gasteiger partial charge in [-0.1, -0.05) is 35.9 Å². The highest BCUT2D eigenvalue weighted by Crippen LogP contribution is 2.47. The summed E-state index contributed by atoms with van der Waals surface area (Å²) in [6.45, 7) is 4.60. The lowest BCUT2D eigenvalue weighted by atomic mass is 9.76. The summed E-state index contributed by atoms with van der Waals surface area (Å²) < 4.78 is 16.2.